The lowest BCUT2D eigenvalue weighted by Crippen LogP contribution is -2.27. The molecule has 3 heterocycles. The molecule has 0 saturated carbocycles. The molecule has 0 spiro atoms. The molecule has 1 N–H and O–H groups in total. The van der Waals surface area contributed by atoms with Crippen molar-refractivity contribution in [2.45, 2.75) is 25.2 Å². The van der Waals surface area contributed by atoms with Crippen LogP contribution in [0.2, 0.25) is 0 Å². The summed E-state index contributed by atoms with van der Waals surface area (Å²) >= 11 is 0. The van der Waals surface area contributed by atoms with Crippen LogP contribution in [0.1, 0.15) is 36.3 Å². The van der Waals surface area contributed by atoms with Crippen LogP contribution in [0.15, 0.2) is 78.3 Å². The predicted molar refractivity (Wildman–Crippen MR) is 115 cm³/mol. The molecule has 2 aromatic carbocycles. The lowest BCUT2D eigenvalue weighted by atomic mass is 9.74. The van der Waals surface area contributed by atoms with Gasteiger partial charge in [0, 0.05) is 52.5 Å². The summed E-state index contributed by atoms with van der Waals surface area (Å²) in [6.45, 7) is 0. The van der Waals surface area contributed by atoms with Crippen molar-refractivity contribution in [3.8, 4) is 0 Å². The number of ketones is 1. The van der Waals surface area contributed by atoms with Crippen molar-refractivity contribution in [3.05, 3.63) is 89.4 Å². The predicted octanol–water partition coefficient (Wildman–Crippen LogP) is 5.35. The van der Waals surface area contributed by atoms with Crippen molar-refractivity contribution in [3.63, 3.8) is 0 Å². The molecule has 4 nitrogen and oxygen atoms in total. The third kappa shape index (κ3) is 2.49. The van der Waals surface area contributed by atoms with E-state index in [0.29, 0.717) is 6.42 Å². The van der Waals surface area contributed by atoms with Crippen molar-refractivity contribution in [1.82, 2.24) is 9.97 Å². The molecule has 0 radical (unpaired) electrons. The van der Waals surface area contributed by atoms with Gasteiger partial charge in [-0.3, -0.25) is 14.8 Å². The summed E-state index contributed by atoms with van der Waals surface area (Å²) in [6.07, 6.45) is 6.06. The van der Waals surface area contributed by atoms with Crippen molar-refractivity contribution in [1.29, 1.82) is 0 Å². The number of nitrogens with one attached hydrogen (secondary N) is 1. The number of fused-ring (bicyclic) bond motifs is 4. The van der Waals surface area contributed by atoms with Gasteiger partial charge in [-0.25, -0.2) is 0 Å². The minimum Gasteiger partial charge on any atom is -0.358 e. The van der Waals surface area contributed by atoms with Crippen LogP contribution in [0.3, 0.4) is 0 Å². The molecule has 0 saturated heterocycles. The van der Waals surface area contributed by atoms with Crippen LogP contribution >= 0.6 is 0 Å². The first-order valence-electron chi connectivity index (χ1n) is 10.1. The maximum atomic E-state index is 13.1. The van der Waals surface area contributed by atoms with Gasteiger partial charge in [-0.05, 0) is 54.3 Å². The van der Waals surface area contributed by atoms with Crippen molar-refractivity contribution in [2.75, 3.05) is 5.32 Å². The molecule has 0 fully saturated rings. The summed E-state index contributed by atoms with van der Waals surface area (Å²) in [5.74, 6) is 0.143. The highest BCUT2D eigenvalue weighted by Gasteiger charge is 2.36. The van der Waals surface area contributed by atoms with Gasteiger partial charge in [-0.15, -0.1) is 0 Å². The lowest BCUT2D eigenvalue weighted by molar-refractivity contribution is -0.116. The maximum Gasteiger partial charge on any atom is 0.161 e. The first-order valence-corrected chi connectivity index (χ1v) is 10.1. The highest BCUT2D eigenvalue weighted by molar-refractivity contribution is 6.03. The van der Waals surface area contributed by atoms with Gasteiger partial charge in [0.15, 0.2) is 5.78 Å². The minimum atomic E-state index is -0.103. The number of carbonyl (C=O) groups excluding carboxylic acids is 1. The second-order valence-electron chi connectivity index (χ2n) is 7.78. The molecule has 4 aromatic rings. The largest absolute Gasteiger partial charge is 0.358 e. The molecule has 2 aliphatic rings. The van der Waals surface area contributed by atoms with E-state index in [9.17, 15) is 4.79 Å². The van der Waals surface area contributed by atoms with E-state index in [1.807, 2.05) is 24.5 Å². The summed E-state index contributed by atoms with van der Waals surface area (Å²) in [4.78, 5) is 22.2. The van der Waals surface area contributed by atoms with E-state index in [1.165, 1.54) is 0 Å². The van der Waals surface area contributed by atoms with Gasteiger partial charge >= 0.3 is 0 Å². The second-order valence-corrected chi connectivity index (χ2v) is 7.78. The van der Waals surface area contributed by atoms with Gasteiger partial charge < -0.3 is 5.32 Å². The molecule has 4 heteroatoms. The number of aromatic nitrogens is 2. The molecule has 6 rings (SSSR count). The van der Waals surface area contributed by atoms with Gasteiger partial charge in [0.25, 0.3) is 0 Å². The number of allylic oxidation sites excluding steroid dienone is 2. The number of rotatable bonds is 1. The van der Waals surface area contributed by atoms with E-state index in [-0.39, 0.29) is 11.7 Å². The molecule has 2 aromatic heterocycles. The highest BCUT2D eigenvalue weighted by atomic mass is 16.1. The number of hydrogen-bond acceptors (Lipinski definition) is 4. The summed E-state index contributed by atoms with van der Waals surface area (Å²) in [6, 6.07) is 18.6. The average Bonchev–Trinajstić information content (AvgIpc) is 2.77. The summed E-state index contributed by atoms with van der Waals surface area (Å²) in [5, 5.41) is 5.77. The van der Waals surface area contributed by atoms with E-state index in [0.717, 1.165) is 62.7 Å². The molecule has 140 valence electrons. The Morgan fingerprint density at radius 2 is 1.76 bits per heavy atom. The SMILES string of the molecule is O=C1CCCC2=C1[C@H](c1ccc3cccnc3c1)c1c(ccc3ncccc13)N2. The zero-order valence-electron chi connectivity index (χ0n) is 15.9. The van der Waals surface area contributed by atoms with E-state index >= 15 is 0 Å². The molecule has 0 bridgehead atoms. The Morgan fingerprint density at radius 3 is 2.69 bits per heavy atom. The van der Waals surface area contributed by atoms with Crippen LogP contribution in [0, 0.1) is 0 Å². The van der Waals surface area contributed by atoms with Crippen LogP contribution in [0.25, 0.3) is 21.8 Å². The number of Topliss-reactive ketones (excluding diaryl/α,β-unsaturated/α-hetero) is 1. The number of hydrogen-bond donors (Lipinski definition) is 1. The van der Waals surface area contributed by atoms with Gasteiger partial charge in [0.2, 0.25) is 0 Å². The number of carbonyl (C=O) groups is 1. The van der Waals surface area contributed by atoms with E-state index < -0.39 is 0 Å². The average molecular weight is 377 g/mol. The smallest absolute Gasteiger partial charge is 0.161 e. The monoisotopic (exact) mass is 377 g/mol. The number of nitrogens with zero attached hydrogens (tertiary/aromatic N) is 2. The van der Waals surface area contributed by atoms with Crippen LogP contribution in [0.5, 0.6) is 0 Å². The molecule has 0 unspecified atom stereocenters. The zero-order valence-corrected chi connectivity index (χ0v) is 15.9. The lowest BCUT2D eigenvalue weighted by Gasteiger charge is -2.34. The van der Waals surface area contributed by atoms with Gasteiger partial charge in [0.1, 0.15) is 0 Å². The quantitative estimate of drug-likeness (QED) is 0.486. The Labute approximate surface area is 168 Å². The first kappa shape index (κ1) is 16.4. The topological polar surface area (TPSA) is 54.9 Å². The number of benzene rings is 2. The third-order valence-electron chi connectivity index (χ3n) is 6.11. The maximum absolute atomic E-state index is 13.1. The van der Waals surface area contributed by atoms with Crippen LogP contribution in [0.4, 0.5) is 5.69 Å². The second kappa shape index (κ2) is 6.24. The molecular formula is C25H19N3O. The van der Waals surface area contributed by atoms with Gasteiger partial charge in [0.05, 0.1) is 11.0 Å². The normalized spacial score (nSPS) is 18.5. The zero-order chi connectivity index (χ0) is 19.4. The molecular weight excluding hydrogens is 358 g/mol. The van der Waals surface area contributed by atoms with E-state index in [1.54, 1.807) is 0 Å². The molecule has 1 aliphatic heterocycles. The van der Waals surface area contributed by atoms with Crippen molar-refractivity contribution < 1.29 is 4.79 Å². The standard InChI is InChI=1S/C25H19N3O/c29-22-7-1-6-19-25(22)23(16-9-8-15-4-2-12-27-21(15)14-16)24-17-5-3-13-26-18(17)10-11-20(24)28-19/h2-5,8-14,23,28H,1,6-7H2/t23-/m1/s1. The van der Waals surface area contributed by atoms with E-state index in [2.05, 4.69) is 57.7 Å². The Hall–Kier alpha value is -3.53. The summed E-state index contributed by atoms with van der Waals surface area (Å²) < 4.78 is 0. The fraction of sp³-hybridized carbons (Fsp3) is 0.160. The fourth-order valence-corrected chi connectivity index (χ4v) is 4.83. The third-order valence-corrected chi connectivity index (χ3v) is 6.11. The molecule has 0 amide bonds. The highest BCUT2D eigenvalue weighted by Crippen LogP contribution is 2.47. The van der Waals surface area contributed by atoms with Gasteiger partial charge in [-0.1, -0.05) is 24.3 Å². The fourth-order valence-electron chi connectivity index (χ4n) is 4.83. The summed E-state index contributed by atoms with van der Waals surface area (Å²) in [5.41, 5.74) is 7.21. The Balaban J connectivity index is 1.68. The molecule has 29 heavy (non-hydrogen) atoms. The van der Waals surface area contributed by atoms with Crippen LogP contribution < -0.4 is 5.32 Å². The molecule has 1 aliphatic carbocycles. The number of pyridine rings is 2. The van der Waals surface area contributed by atoms with Crippen LogP contribution in [-0.2, 0) is 4.79 Å². The first-order chi connectivity index (χ1) is 14.3. The van der Waals surface area contributed by atoms with E-state index in [4.69, 9.17) is 0 Å². The Morgan fingerprint density at radius 1 is 0.897 bits per heavy atom. The van der Waals surface area contributed by atoms with Gasteiger partial charge in [-0.2, -0.15) is 0 Å². The summed E-state index contributed by atoms with van der Waals surface area (Å²) in [7, 11) is 0. The number of anilines is 1. The minimum absolute atomic E-state index is 0.103. The van der Waals surface area contributed by atoms with Crippen molar-refractivity contribution >= 4 is 33.3 Å². The Bertz CT molecular complexity index is 1340. The van der Waals surface area contributed by atoms with Crippen LogP contribution in [-0.4, -0.2) is 15.8 Å². The Kier molecular flexibility index (Phi) is 3.54. The molecule has 1 atom stereocenters. The van der Waals surface area contributed by atoms with Crippen molar-refractivity contribution in [2.24, 2.45) is 0 Å².